The Kier molecular flexibility index (Phi) is 6.41. The van der Waals surface area contributed by atoms with E-state index < -0.39 is 0 Å². The van der Waals surface area contributed by atoms with Gasteiger partial charge in [-0.1, -0.05) is 11.3 Å². The highest BCUT2D eigenvalue weighted by atomic mass is 16.5. The molecule has 2 saturated heterocycles. The van der Waals surface area contributed by atoms with Crippen molar-refractivity contribution < 1.29 is 4.74 Å². The number of hydrogen-bond donors (Lipinski definition) is 0. The molecule has 1 aromatic carbocycles. The van der Waals surface area contributed by atoms with E-state index in [9.17, 15) is 0 Å². The molecular weight excluding hydrogens is 402 g/mol. The Morgan fingerprint density at radius 3 is 2.72 bits per heavy atom. The summed E-state index contributed by atoms with van der Waals surface area (Å²) in [6.45, 7) is 8.73. The van der Waals surface area contributed by atoms with Crippen LogP contribution < -0.4 is 4.90 Å². The third kappa shape index (κ3) is 4.97. The number of hydrogen-bond acceptors (Lipinski definition) is 7. The summed E-state index contributed by atoms with van der Waals surface area (Å²) in [5.74, 6) is 0. The fraction of sp³-hybridized carbons (Fsp3) is 0.500. The van der Waals surface area contributed by atoms with Crippen molar-refractivity contribution >= 4 is 5.69 Å². The first-order chi connectivity index (χ1) is 15.7. The van der Waals surface area contributed by atoms with E-state index >= 15 is 0 Å². The quantitative estimate of drug-likeness (QED) is 0.592. The van der Waals surface area contributed by atoms with Gasteiger partial charge in [-0.25, -0.2) is 4.68 Å². The minimum Gasteiger partial charge on any atom is -0.376 e. The predicted molar refractivity (Wildman–Crippen MR) is 123 cm³/mol. The first-order valence-corrected chi connectivity index (χ1v) is 11.6. The molecule has 2 aromatic heterocycles. The van der Waals surface area contributed by atoms with Gasteiger partial charge in [0.1, 0.15) is 5.69 Å². The second-order valence-corrected chi connectivity index (χ2v) is 8.79. The molecule has 32 heavy (non-hydrogen) atoms. The van der Waals surface area contributed by atoms with Crippen LogP contribution in [0.25, 0.3) is 11.3 Å². The average Bonchev–Trinajstić information content (AvgIpc) is 3.29. The highest BCUT2D eigenvalue weighted by Crippen LogP contribution is 2.27. The molecule has 0 saturated carbocycles. The molecule has 8 heteroatoms. The normalized spacial score (nSPS) is 19.9. The van der Waals surface area contributed by atoms with Gasteiger partial charge >= 0.3 is 0 Å². The Bertz CT molecular complexity index is 1010. The molecule has 1 unspecified atom stereocenters. The molecule has 0 spiro atoms. The topological polar surface area (TPSA) is 72.2 Å². The van der Waals surface area contributed by atoms with Gasteiger partial charge in [-0.05, 0) is 56.0 Å². The maximum atomic E-state index is 5.84. The molecule has 8 nitrogen and oxygen atoms in total. The largest absolute Gasteiger partial charge is 0.376 e. The van der Waals surface area contributed by atoms with Crippen LogP contribution in [-0.4, -0.2) is 69.0 Å². The van der Waals surface area contributed by atoms with Gasteiger partial charge in [-0.3, -0.25) is 4.90 Å². The minimum atomic E-state index is 0.259. The minimum absolute atomic E-state index is 0.259. The highest BCUT2D eigenvalue weighted by Gasteiger charge is 2.19. The highest BCUT2D eigenvalue weighted by molar-refractivity contribution is 5.67. The zero-order valence-electron chi connectivity index (χ0n) is 18.7. The molecule has 168 valence electrons. The van der Waals surface area contributed by atoms with Crippen molar-refractivity contribution in [2.75, 3.05) is 37.7 Å². The lowest BCUT2D eigenvalue weighted by Gasteiger charge is -2.36. The Labute approximate surface area is 189 Å². The van der Waals surface area contributed by atoms with E-state index in [-0.39, 0.29) is 6.10 Å². The van der Waals surface area contributed by atoms with Crippen molar-refractivity contribution in [2.24, 2.45) is 0 Å². The van der Waals surface area contributed by atoms with Gasteiger partial charge in [0.05, 0.1) is 24.5 Å². The number of rotatable bonds is 6. The number of piperazine rings is 1. The van der Waals surface area contributed by atoms with Gasteiger partial charge in [0.2, 0.25) is 0 Å². The third-order valence-electron chi connectivity index (χ3n) is 6.44. The van der Waals surface area contributed by atoms with Gasteiger partial charge in [0.25, 0.3) is 0 Å². The molecule has 0 bridgehead atoms. The predicted octanol–water partition coefficient (Wildman–Crippen LogP) is 2.93. The number of aryl methyl sites for hydroxylation is 1. The zero-order chi connectivity index (χ0) is 21.8. The van der Waals surface area contributed by atoms with E-state index in [1.54, 1.807) is 6.20 Å². The lowest BCUT2D eigenvalue weighted by molar-refractivity contribution is 0.00370. The number of ether oxygens (including phenoxy) is 1. The van der Waals surface area contributed by atoms with Crippen molar-refractivity contribution in [3.8, 4) is 11.3 Å². The number of anilines is 1. The summed E-state index contributed by atoms with van der Waals surface area (Å²) < 4.78 is 7.77. The van der Waals surface area contributed by atoms with Crippen LogP contribution in [-0.2, 0) is 17.8 Å². The van der Waals surface area contributed by atoms with E-state index in [1.165, 1.54) is 24.1 Å². The van der Waals surface area contributed by atoms with Crippen LogP contribution in [0, 0.1) is 6.92 Å². The van der Waals surface area contributed by atoms with E-state index in [1.807, 2.05) is 23.0 Å². The fourth-order valence-electron chi connectivity index (χ4n) is 4.61. The van der Waals surface area contributed by atoms with Crippen LogP contribution in [0.5, 0.6) is 0 Å². The van der Waals surface area contributed by atoms with Crippen LogP contribution in [0.2, 0.25) is 0 Å². The van der Waals surface area contributed by atoms with Crippen LogP contribution >= 0.6 is 0 Å². The molecule has 5 rings (SSSR count). The van der Waals surface area contributed by atoms with Crippen molar-refractivity contribution in [2.45, 2.75) is 45.4 Å². The summed E-state index contributed by atoms with van der Waals surface area (Å²) in [6, 6.07) is 10.7. The van der Waals surface area contributed by atoms with Crippen LogP contribution in [0.4, 0.5) is 5.69 Å². The molecule has 0 amide bonds. The monoisotopic (exact) mass is 433 g/mol. The number of nitrogens with zero attached hydrogens (tertiary/aromatic N) is 7. The molecular formula is C24H31N7O. The summed E-state index contributed by atoms with van der Waals surface area (Å²) >= 11 is 0. The molecule has 0 N–H and O–H groups in total. The third-order valence-corrected chi connectivity index (χ3v) is 6.44. The SMILES string of the molecule is Cc1cc(N2CCN(Cc3cccnn3)CC2)ccc1-c1cn(CC2CCCCO2)nn1. The fourth-order valence-corrected chi connectivity index (χ4v) is 4.61. The standard InChI is InChI=1S/C24H31N7O/c1-19-15-21(30-12-10-29(11-13-30)16-20-5-4-9-25-26-20)7-8-23(19)24-18-31(28-27-24)17-22-6-2-3-14-32-22/h4-5,7-9,15,18,22H,2-3,6,10-14,16-17H2,1H3. The van der Waals surface area contributed by atoms with E-state index in [0.29, 0.717) is 0 Å². The van der Waals surface area contributed by atoms with Gasteiger partial charge in [-0.15, -0.1) is 5.10 Å². The van der Waals surface area contributed by atoms with Crippen LogP contribution in [0.1, 0.15) is 30.5 Å². The summed E-state index contributed by atoms with van der Waals surface area (Å²) in [5, 5.41) is 17.0. The second kappa shape index (κ2) is 9.75. The number of aromatic nitrogens is 5. The molecule has 4 heterocycles. The van der Waals surface area contributed by atoms with E-state index in [0.717, 1.165) is 69.2 Å². The Morgan fingerprint density at radius 1 is 1.06 bits per heavy atom. The average molecular weight is 434 g/mol. The van der Waals surface area contributed by atoms with Gasteiger partial charge in [0.15, 0.2) is 0 Å². The van der Waals surface area contributed by atoms with Crippen molar-refractivity contribution in [1.82, 2.24) is 30.1 Å². The molecule has 1 atom stereocenters. The molecule has 2 aliphatic heterocycles. The summed E-state index contributed by atoms with van der Waals surface area (Å²) in [6.07, 6.45) is 7.54. The van der Waals surface area contributed by atoms with Gasteiger partial charge < -0.3 is 9.64 Å². The van der Waals surface area contributed by atoms with Crippen molar-refractivity contribution in [3.63, 3.8) is 0 Å². The lowest BCUT2D eigenvalue weighted by Crippen LogP contribution is -2.46. The van der Waals surface area contributed by atoms with Crippen LogP contribution in [0.3, 0.4) is 0 Å². The van der Waals surface area contributed by atoms with Gasteiger partial charge in [-0.2, -0.15) is 10.2 Å². The summed E-state index contributed by atoms with van der Waals surface area (Å²) in [4.78, 5) is 4.90. The maximum Gasteiger partial charge on any atom is 0.113 e. The Morgan fingerprint density at radius 2 is 1.97 bits per heavy atom. The lowest BCUT2D eigenvalue weighted by atomic mass is 10.0. The van der Waals surface area contributed by atoms with Crippen LogP contribution in [0.15, 0.2) is 42.7 Å². The Balaban J connectivity index is 1.19. The molecule has 0 radical (unpaired) electrons. The van der Waals surface area contributed by atoms with Crippen molar-refractivity contribution in [3.05, 3.63) is 54.0 Å². The summed E-state index contributed by atoms with van der Waals surface area (Å²) in [7, 11) is 0. The van der Waals surface area contributed by atoms with Gasteiger partial charge in [0, 0.05) is 56.8 Å². The van der Waals surface area contributed by atoms with E-state index in [4.69, 9.17) is 4.74 Å². The Hall–Kier alpha value is -2.84. The smallest absolute Gasteiger partial charge is 0.113 e. The summed E-state index contributed by atoms with van der Waals surface area (Å²) in [5.41, 5.74) is 5.60. The van der Waals surface area contributed by atoms with Crippen molar-refractivity contribution in [1.29, 1.82) is 0 Å². The first-order valence-electron chi connectivity index (χ1n) is 11.6. The molecule has 2 fully saturated rings. The molecule has 0 aliphatic carbocycles. The zero-order valence-corrected chi connectivity index (χ0v) is 18.7. The maximum absolute atomic E-state index is 5.84. The second-order valence-electron chi connectivity index (χ2n) is 8.79. The molecule has 3 aromatic rings. The molecule has 2 aliphatic rings. The first kappa shape index (κ1) is 21.0. The van der Waals surface area contributed by atoms with E-state index in [2.05, 4.69) is 55.4 Å². The number of benzene rings is 1.